The zero-order chi connectivity index (χ0) is 16.1. The topological polar surface area (TPSA) is 76.7 Å². The maximum absolute atomic E-state index is 11.6. The van der Waals surface area contributed by atoms with Gasteiger partial charge in [-0.1, -0.05) is 0 Å². The Morgan fingerprint density at radius 3 is 1.20 bits per heavy atom. The van der Waals surface area contributed by atoms with Crippen molar-refractivity contribution in [2.45, 2.75) is 78.7 Å². The maximum Gasteiger partial charge on any atom is 0.407 e. The molecule has 0 saturated heterocycles. The average molecular weight is 288 g/mol. The fourth-order valence-electron chi connectivity index (χ4n) is 1.24. The highest BCUT2D eigenvalue weighted by molar-refractivity contribution is 5.69. The molecule has 6 heteroatoms. The molecule has 2 atom stereocenters. The Hall–Kier alpha value is -1.46. The first-order chi connectivity index (χ1) is 8.80. The summed E-state index contributed by atoms with van der Waals surface area (Å²) in [4.78, 5) is 23.2. The molecule has 0 aliphatic heterocycles. The largest absolute Gasteiger partial charge is 0.444 e. The molecule has 2 N–H and O–H groups in total. The SMILES string of the molecule is CC(NC(=O)OC(C)(C)C)C(C)NC(=O)OC(C)(C)C. The highest BCUT2D eigenvalue weighted by atomic mass is 16.6. The number of rotatable bonds is 3. The molecule has 0 aromatic carbocycles. The van der Waals surface area contributed by atoms with Crippen molar-refractivity contribution in [1.29, 1.82) is 0 Å². The van der Waals surface area contributed by atoms with E-state index in [2.05, 4.69) is 10.6 Å². The molecular formula is C14H28N2O4. The van der Waals surface area contributed by atoms with Gasteiger partial charge in [-0.3, -0.25) is 0 Å². The zero-order valence-electron chi connectivity index (χ0n) is 13.8. The number of carbonyl (C=O) groups excluding carboxylic acids is 2. The van der Waals surface area contributed by atoms with E-state index in [1.54, 1.807) is 55.4 Å². The molecule has 6 nitrogen and oxygen atoms in total. The van der Waals surface area contributed by atoms with Gasteiger partial charge in [0.2, 0.25) is 0 Å². The van der Waals surface area contributed by atoms with Crippen molar-refractivity contribution in [3.8, 4) is 0 Å². The quantitative estimate of drug-likeness (QED) is 0.837. The van der Waals surface area contributed by atoms with Gasteiger partial charge in [0.1, 0.15) is 11.2 Å². The van der Waals surface area contributed by atoms with E-state index in [-0.39, 0.29) is 12.1 Å². The third-order valence-corrected chi connectivity index (χ3v) is 2.24. The molecule has 118 valence electrons. The molecule has 0 aromatic rings. The van der Waals surface area contributed by atoms with Crippen molar-refractivity contribution in [3.05, 3.63) is 0 Å². The molecule has 2 unspecified atom stereocenters. The van der Waals surface area contributed by atoms with Crippen LogP contribution in [0.4, 0.5) is 9.59 Å². The van der Waals surface area contributed by atoms with Crippen molar-refractivity contribution in [1.82, 2.24) is 10.6 Å². The second-order valence-corrected chi connectivity index (χ2v) is 6.87. The van der Waals surface area contributed by atoms with Crippen LogP contribution in [0.2, 0.25) is 0 Å². The van der Waals surface area contributed by atoms with E-state index >= 15 is 0 Å². The van der Waals surface area contributed by atoms with Gasteiger partial charge in [0.25, 0.3) is 0 Å². The number of amides is 2. The molecule has 0 radical (unpaired) electrons. The third-order valence-electron chi connectivity index (χ3n) is 2.24. The molecule has 0 saturated carbocycles. The molecule has 0 bridgehead atoms. The predicted octanol–water partition coefficient (Wildman–Crippen LogP) is 2.81. The van der Waals surface area contributed by atoms with Gasteiger partial charge in [-0.25, -0.2) is 9.59 Å². The number of alkyl carbamates (subject to hydrolysis) is 2. The van der Waals surface area contributed by atoms with Gasteiger partial charge >= 0.3 is 12.2 Å². The van der Waals surface area contributed by atoms with E-state index in [4.69, 9.17) is 9.47 Å². The van der Waals surface area contributed by atoms with Crippen LogP contribution in [-0.4, -0.2) is 35.5 Å². The van der Waals surface area contributed by atoms with E-state index in [0.29, 0.717) is 0 Å². The zero-order valence-corrected chi connectivity index (χ0v) is 13.8. The molecule has 0 aliphatic rings. The highest BCUT2D eigenvalue weighted by Gasteiger charge is 2.23. The molecular weight excluding hydrogens is 260 g/mol. The first-order valence-corrected chi connectivity index (χ1v) is 6.79. The van der Waals surface area contributed by atoms with Gasteiger partial charge in [-0.2, -0.15) is 0 Å². The Bertz CT molecular complexity index is 308. The molecule has 0 rings (SSSR count). The third kappa shape index (κ3) is 9.47. The average Bonchev–Trinajstić information content (AvgIpc) is 2.10. The smallest absolute Gasteiger partial charge is 0.407 e. The van der Waals surface area contributed by atoms with E-state index in [9.17, 15) is 9.59 Å². The summed E-state index contributed by atoms with van der Waals surface area (Å²) in [5, 5.41) is 5.35. The van der Waals surface area contributed by atoms with E-state index < -0.39 is 23.4 Å². The summed E-state index contributed by atoms with van der Waals surface area (Å²) in [6.07, 6.45) is -1.02. The van der Waals surface area contributed by atoms with Gasteiger partial charge in [0.05, 0.1) is 0 Å². The van der Waals surface area contributed by atoms with Crippen LogP contribution >= 0.6 is 0 Å². The Labute approximate surface area is 121 Å². The minimum Gasteiger partial charge on any atom is -0.444 e. The normalized spacial score (nSPS) is 15.0. The maximum atomic E-state index is 11.6. The monoisotopic (exact) mass is 288 g/mol. The molecule has 0 heterocycles. The van der Waals surface area contributed by atoms with Crippen LogP contribution in [-0.2, 0) is 9.47 Å². The Morgan fingerprint density at radius 1 is 0.750 bits per heavy atom. The Balaban J connectivity index is 4.25. The summed E-state index contributed by atoms with van der Waals surface area (Å²) >= 11 is 0. The van der Waals surface area contributed by atoms with Crippen LogP contribution in [0.1, 0.15) is 55.4 Å². The molecule has 20 heavy (non-hydrogen) atoms. The minimum atomic E-state index is -0.550. The summed E-state index contributed by atoms with van der Waals surface area (Å²) in [6.45, 7) is 14.3. The standard InChI is InChI=1S/C14H28N2O4/c1-9(15-11(17)19-13(3,4)5)10(2)16-12(18)20-14(6,7)8/h9-10H,1-8H3,(H,15,17)(H,16,18). The lowest BCUT2D eigenvalue weighted by molar-refractivity contribution is 0.0441. The molecule has 0 aliphatic carbocycles. The predicted molar refractivity (Wildman–Crippen MR) is 77.7 cm³/mol. The summed E-state index contributed by atoms with van der Waals surface area (Å²) in [7, 11) is 0. The first kappa shape index (κ1) is 18.5. The first-order valence-electron chi connectivity index (χ1n) is 6.79. The van der Waals surface area contributed by atoms with Gasteiger partial charge < -0.3 is 20.1 Å². The molecule has 2 amide bonds. The van der Waals surface area contributed by atoms with E-state index in [0.717, 1.165) is 0 Å². The van der Waals surface area contributed by atoms with Crippen LogP contribution < -0.4 is 10.6 Å². The lowest BCUT2D eigenvalue weighted by atomic mass is 10.1. The van der Waals surface area contributed by atoms with Crippen molar-refractivity contribution >= 4 is 12.2 Å². The van der Waals surface area contributed by atoms with Crippen molar-refractivity contribution < 1.29 is 19.1 Å². The van der Waals surface area contributed by atoms with Crippen molar-refractivity contribution in [3.63, 3.8) is 0 Å². The van der Waals surface area contributed by atoms with Crippen molar-refractivity contribution in [2.75, 3.05) is 0 Å². The Kier molecular flexibility index (Phi) is 6.32. The number of ether oxygens (including phenoxy) is 2. The number of nitrogens with one attached hydrogen (secondary N) is 2. The summed E-state index contributed by atoms with van der Waals surface area (Å²) in [5.41, 5.74) is -1.10. The lowest BCUT2D eigenvalue weighted by Crippen LogP contribution is -2.50. The molecule has 0 aromatic heterocycles. The second-order valence-electron chi connectivity index (χ2n) is 6.87. The Morgan fingerprint density at radius 2 is 1.00 bits per heavy atom. The number of hydrogen-bond donors (Lipinski definition) is 2. The van der Waals surface area contributed by atoms with Crippen LogP contribution in [0.15, 0.2) is 0 Å². The summed E-state index contributed by atoms with van der Waals surface area (Å²) in [5.74, 6) is 0. The fraction of sp³-hybridized carbons (Fsp3) is 0.857. The van der Waals surface area contributed by atoms with Gasteiger partial charge in [0.15, 0.2) is 0 Å². The van der Waals surface area contributed by atoms with Crippen molar-refractivity contribution in [2.24, 2.45) is 0 Å². The number of carbonyl (C=O) groups is 2. The van der Waals surface area contributed by atoms with Gasteiger partial charge in [-0.05, 0) is 55.4 Å². The van der Waals surface area contributed by atoms with E-state index in [1.165, 1.54) is 0 Å². The van der Waals surface area contributed by atoms with Crippen LogP contribution in [0.25, 0.3) is 0 Å². The van der Waals surface area contributed by atoms with E-state index in [1.807, 2.05) is 0 Å². The van der Waals surface area contributed by atoms with Gasteiger partial charge in [0, 0.05) is 12.1 Å². The highest BCUT2D eigenvalue weighted by Crippen LogP contribution is 2.08. The van der Waals surface area contributed by atoms with Crippen LogP contribution in [0, 0.1) is 0 Å². The summed E-state index contributed by atoms with van der Waals surface area (Å²) in [6, 6.07) is -0.560. The van der Waals surface area contributed by atoms with Crippen LogP contribution in [0.5, 0.6) is 0 Å². The lowest BCUT2D eigenvalue weighted by Gasteiger charge is -2.27. The fourth-order valence-corrected chi connectivity index (χ4v) is 1.24. The second kappa shape index (κ2) is 6.81. The molecule has 0 fully saturated rings. The molecule has 0 spiro atoms. The van der Waals surface area contributed by atoms with Crippen LogP contribution in [0.3, 0.4) is 0 Å². The minimum absolute atomic E-state index is 0.280. The number of hydrogen-bond acceptors (Lipinski definition) is 4. The summed E-state index contributed by atoms with van der Waals surface area (Å²) < 4.78 is 10.3. The van der Waals surface area contributed by atoms with Gasteiger partial charge in [-0.15, -0.1) is 0 Å².